The van der Waals surface area contributed by atoms with E-state index >= 15 is 0 Å². The van der Waals surface area contributed by atoms with E-state index in [2.05, 4.69) is 31.9 Å². The van der Waals surface area contributed by atoms with Gasteiger partial charge in [0, 0.05) is 18.7 Å². The summed E-state index contributed by atoms with van der Waals surface area (Å²) < 4.78 is 50.8. The first-order valence-electron chi connectivity index (χ1n) is 8.56. The van der Waals surface area contributed by atoms with Crippen molar-refractivity contribution < 1.29 is 16.8 Å². The summed E-state index contributed by atoms with van der Waals surface area (Å²) in [6, 6.07) is 0. The molecule has 4 nitrogen and oxygen atoms in total. The zero-order valence-electron chi connectivity index (χ0n) is 14.1. The van der Waals surface area contributed by atoms with Crippen LogP contribution in [0.1, 0.15) is 61.1 Å². The van der Waals surface area contributed by atoms with E-state index in [9.17, 15) is 16.8 Å². The number of fused-ring (bicyclic) bond motifs is 2. The van der Waals surface area contributed by atoms with Crippen molar-refractivity contribution in [3.63, 3.8) is 0 Å². The van der Waals surface area contributed by atoms with E-state index in [1.54, 1.807) is 0 Å². The zero-order chi connectivity index (χ0) is 18.5. The Morgan fingerprint density at radius 2 is 0.920 bits per heavy atom. The maximum absolute atomic E-state index is 12.4. The van der Waals surface area contributed by atoms with E-state index in [1.165, 1.54) is 11.3 Å². The van der Waals surface area contributed by atoms with Crippen molar-refractivity contribution in [3.8, 4) is 0 Å². The molecule has 0 N–H and O–H groups in total. The van der Waals surface area contributed by atoms with Gasteiger partial charge < -0.3 is 0 Å². The van der Waals surface area contributed by atoms with Gasteiger partial charge in [-0.05, 0) is 44.7 Å². The second-order valence-corrected chi connectivity index (χ2v) is 13.7. The number of sulfone groups is 2. The van der Waals surface area contributed by atoms with Crippen molar-refractivity contribution in [2.45, 2.75) is 62.9 Å². The molecule has 2 rings (SSSR count). The van der Waals surface area contributed by atoms with Gasteiger partial charge in [0.25, 0.3) is 0 Å². The van der Waals surface area contributed by atoms with Crippen molar-refractivity contribution in [2.24, 2.45) is 0 Å². The summed E-state index contributed by atoms with van der Waals surface area (Å²) in [4.78, 5) is 1.36. The molecule has 0 saturated heterocycles. The molecule has 2 heterocycles. The van der Waals surface area contributed by atoms with Crippen LogP contribution in [0.5, 0.6) is 0 Å². The smallest absolute Gasteiger partial charge is 0.155 e. The topological polar surface area (TPSA) is 68.3 Å². The minimum absolute atomic E-state index is 0.0309. The standard InChI is InChI=1S/C16H24Br2O4S3/c17-15-13-11-24(19,20)9-7-5-3-1-2-4-6-8-10-25(21,22)12-14(23-13)16(15)18/h1-12H2. The van der Waals surface area contributed by atoms with Crippen LogP contribution in [-0.2, 0) is 31.2 Å². The third-order valence-electron chi connectivity index (χ3n) is 4.29. The van der Waals surface area contributed by atoms with Gasteiger partial charge in [0.2, 0.25) is 0 Å². The van der Waals surface area contributed by atoms with E-state index in [0.29, 0.717) is 31.5 Å². The second kappa shape index (κ2) is 9.66. The predicted octanol–water partition coefficient (Wildman–Crippen LogP) is 5.24. The Kier molecular flexibility index (Phi) is 8.45. The Morgan fingerprint density at radius 1 is 0.600 bits per heavy atom. The highest BCUT2D eigenvalue weighted by atomic mass is 79.9. The summed E-state index contributed by atoms with van der Waals surface area (Å²) in [5, 5.41) is 0. The second-order valence-electron chi connectivity index (χ2n) is 6.59. The van der Waals surface area contributed by atoms with Crippen LogP contribution in [0.15, 0.2) is 8.95 Å². The molecule has 9 heteroatoms. The van der Waals surface area contributed by atoms with E-state index in [-0.39, 0.29) is 23.0 Å². The minimum atomic E-state index is -3.18. The quantitative estimate of drug-likeness (QED) is 0.455. The first kappa shape index (κ1) is 21.9. The van der Waals surface area contributed by atoms with Crippen LogP contribution >= 0.6 is 43.2 Å². The van der Waals surface area contributed by atoms with Crippen LogP contribution in [-0.4, -0.2) is 28.3 Å². The van der Waals surface area contributed by atoms with Crippen molar-refractivity contribution >= 4 is 62.9 Å². The van der Waals surface area contributed by atoms with E-state index in [0.717, 1.165) is 38.5 Å². The molecule has 1 aliphatic rings. The normalized spacial score (nSPS) is 23.0. The maximum atomic E-state index is 12.4. The van der Waals surface area contributed by atoms with Gasteiger partial charge in [-0.1, -0.05) is 38.5 Å². The Balaban J connectivity index is 2.22. The van der Waals surface area contributed by atoms with Gasteiger partial charge >= 0.3 is 0 Å². The number of thiophene rings is 1. The van der Waals surface area contributed by atoms with Crippen LogP contribution in [0.4, 0.5) is 0 Å². The lowest BCUT2D eigenvalue weighted by molar-refractivity contribution is 0.566. The molecule has 1 aromatic heterocycles. The molecule has 0 aliphatic carbocycles. The number of rotatable bonds is 0. The highest BCUT2D eigenvalue weighted by molar-refractivity contribution is 9.13. The van der Waals surface area contributed by atoms with E-state index < -0.39 is 19.7 Å². The summed E-state index contributed by atoms with van der Waals surface area (Å²) in [7, 11) is -6.36. The first-order chi connectivity index (χ1) is 11.7. The van der Waals surface area contributed by atoms with Gasteiger partial charge in [-0.25, -0.2) is 16.8 Å². The molecular formula is C16H24Br2O4S3. The summed E-state index contributed by atoms with van der Waals surface area (Å²) in [6.07, 6.45) is 7.57. The van der Waals surface area contributed by atoms with E-state index in [1.807, 2.05) is 0 Å². The SMILES string of the molecule is O=S1(=O)CCCCCCCCCCS(=O)(=O)Cc2sc(c(Br)c2Br)C1. The lowest BCUT2D eigenvalue weighted by Crippen LogP contribution is -2.09. The molecule has 0 amide bonds. The van der Waals surface area contributed by atoms with Crippen LogP contribution in [0.25, 0.3) is 0 Å². The number of hydrogen-bond donors (Lipinski definition) is 0. The highest BCUT2D eigenvalue weighted by Gasteiger charge is 2.23. The Hall–Kier alpha value is 0.560. The largest absolute Gasteiger partial charge is 0.228 e. The van der Waals surface area contributed by atoms with Gasteiger partial charge in [0.05, 0.1) is 23.0 Å². The van der Waals surface area contributed by atoms with Crippen molar-refractivity contribution in [1.29, 1.82) is 0 Å². The molecular weight excluding hydrogens is 512 g/mol. The van der Waals surface area contributed by atoms with Gasteiger partial charge in [-0.2, -0.15) is 0 Å². The van der Waals surface area contributed by atoms with Crippen LogP contribution in [0.2, 0.25) is 0 Å². The zero-order valence-corrected chi connectivity index (χ0v) is 19.7. The first-order valence-corrected chi connectivity index (χ1v) is 14.6. The van der Waals surface area contributed by atoms with E-state index in [4.69, 9.17) is 0 Å². The Morgan fingerprint density at radius 3 is 1.28 bits per heavy atom. The fraction of sp³-hybridized carbons (Fsp3) is 0.750. The van der Waals surface area contributed by atoms with Crippen molar-refractivity contribution in [3.05, 3.63) is 18.7 Å². The molecule has 0 spiro atoms. The van der Waals surface area contributed by atoms with Crippen LogP contribution < -0.4 is 0 Å². The number of hydrogen-bond acceptors (Lipinski definition) is 5. The fourth-order valence-corrected chi connectivity index (χ4v) is 9.69. The molecule has 2 bridgehead atoms. The summed E-state index contributed by atoms with van der Waals surface area (Å²) in [5.74, 6) is 0.332. The molecule has 0 unspecified atom stereocenters. The molecule has 0 atom stereocenters. The Labute approximate surface area is 171 Å². The average molecular weight is 536 g/mol. The highest BCUT2D eigenvalue weighted by Crippen LogP contribution is 2.39. The fourth-order valence-electron chi connectivity index (χ4n) is 2.92. The van der Waals surface area contributed by atoms with Gasteiger partial charge in [0.15, 0.2) is 19.7 Å². The van der Waals surface area contributed by atoms with Crippen LogP contribution in [0, 0.1) is 0 Å². The summed E-state index contributed by atoms with van der Waals surface area (Å²) in [6.45, 7) is 0. The van der Waals surface area contributed by atoms with Gasteiger partial charge in [-0.3, -0.25) is 0 Å². The van der Waals surface area contributed by atoms with Crippen molar-refractivity contribution in [2.75, 3.05) is 11.5 Å². The predicted molar refractivity (Wildman–Crippen MR) is 112 cm³/mol. The third kappa shape index (κ3) is 7.24. The van der Waals surface area contributed by atoms with Crippen molar-refractivity contribution in [1.82, 2.24) is 0 Å². The molecule has 0 radical (unpaired) electrons. The molecule has 0 fully saturated rings. The lowest BCUT2D eigenvalue weighted by atomic mass is 10.1. The number of halogens is 2. The minimum Gasteiger partial charge on any atom is -0.228 e. The molecule has 1 aliphatic heterocycles. The lowest BCUT2D eigenvalue weighted by Gasteiger charge is -2.05. The molecule has 144 valence electrons. The summed E-state index contributed by atoms with van der Waals surface area (Å²) >= 11 is 8.12. The molecule has 1 aromatic rings. The molecule has 0 saturated carbocycles. The average Bonchev–Trinajstić information content (AvgIpc) is 2.75. The maximum Gasteiger partial charge on any atom is 0.155 e. The molecule has 0 aromatic carbocycles. The monoisotopic (exact) mass is 534 g/mol. The van der Waals surface area contributed by atoms with Gasteiger partial charge in [0.1, 0.15) is 0 Å². The molecule has 25 heavy (non-hydrogen) atoms. The summed E-state index contributed by atoms with van der Waals surface area (Å²) in [5.41, 5.74) is 0. The Bertz CT molecular complexity index is 718. The third-order valence-corrected chi connectivity index (χ3v) is 11.9. The van der Waals surface area contributed by atoms with Crippen LogP contribution in [0.3, 0.4) is 0 Å². The van der Waals surface area contributed by atoms with Gasteiger partial charge in [-0.15, -0.1) is 11.3 Å².